The Balaban J connectivity index is 0.0000113. The monoisotopic (exact) mass is 1310 g/mol. The molecule has 4 fully saturated rings. The minimum atomic E-state index is -5.40. The predicted molar refractivity (Wildman–Crippen MR) is 305 cm³/mol. The number of halogens is 6. The second-order valence-corrected chi connectivity index (χ2v) is 24.8. The number of carboxylic acid groups (broad SMARTS) is 1. The number of aliphatic carboxylic acids is 1. The Morgan fingerprint density at radius 3 is 2.37 bits per heavy atom. The zero-order valence-electron chi connectivity index (χ0n) is 48.5. The van der Waals surface area contributed by atoms with Crippen LogP contribution in [-0.4, -0.2) is 148 Å². The molecule has 476 valence electrons. The number of thioether (sulfide) groups is 1. The van der Waals surface area contributed by atoms with Crippen molar-refractivity contribution in [3.05, 3.63) is 118 Å². The fourth-order valence-electron chi connectivity index (χ4n) is 11.1. The first-order valence-corrected chi connectivity index (χ1v) is 30.9. The summed E-state index contributed by atoms with van der Waals surface area (Å²) < 4.78 is 132. The van der Waals surface area contributed by atoms with Gasteiger partial charge in [-0.1, -0.05) is 65.7 Å². The number of amides is 3. The first kappa shape index (κ1) is 71.1. The number of nitrogens with one attached hydrogen (secondary N) is 3. The Labute approximate surface area is 555 Å². The number of carbonyl (C=O) groups excluding carboxylic acids is 4. The van der Waals surface area contributed by atoms with Crippen molar-refractivity contribution in [3.8, 4) is 11.3 Å². The number of rotatable bonds is 28. The maximum atomic E-state index is 14.7. The number of benzene rings is 3. The molecule has 1 saturated carbocycles. The Hall–Kier alpha value is -5.38. The van der Waals surface area contributed by atoms with Crippen LogP contribution in [0.5, 0.6) is 0 Å². The SMILES string of the molecule is Cc1ccc(S(=O)(=O)OCC(=O)c2ccc(C[C@@H]3[C@@H](OCC/C=C\C[C@H]4C(=O)CC[C@@H]4CC(=O)O)O[C@@H](Cn4cc(-c5cc(C(F)(F)F)c(/C=C/C(=O)NCCN=C([O-])CCCC[C@@H]6SC[C@@H]7NC(=O)N[C@@H]76)c(C(F)(F)F)c5)nn4)[C@H](O)[C@H]3O)cc2)cc1.[K+]. The van der Waals surface area contributed by atoms with Crippen molar-refractivity contribution in [2.24, 2.45) is 22.7 Å². The number of hydrogen-bond donors (Lipinski definition) is 6. The normalized spacial score (nSPS) is 24.0. The Morgan fingerprint density at radius 1 is 0.978 bits per heavy atom. The van der Waals surface area contributed by atoms with Crippen LogP contribution >= 0.6 is 11.8 Å². The molecule has 3 saturated heterocycles. The van der Waals surface area contributed by atoms with Crippen molar-refractivity contribution in [2.45, 2.75) is 137 Å². The predicted octanol–water partition coefficient (Wildman–Crippen LogP) is 3.23. The van der Waals surface area contributed by atoms with E-state index in [0.717, 1.165) is 28.6 Å². The van der Waals surface area contributed by atoms with Gasteiger partial charge in [-0.2, -0.15) is 46.5 Å². The summed E-state index contributed by atoms with van der Waals surface area (Å²) in [7, 11) is -4.26. The van der Waals surface area contributed by atoms with Crippen molar-refractivity contribution in [2.75, 3.05) is 32.1 Å². The van der Waals surface area contributed by atoms with Gasteiger partial charge in [-0.3, -0.25) is 23.4 Å². The first-order valence-electron chi connectivity index (χ1n) is 28.4. The summed E-state index contributed by atoms with van der Waals surface area (Å²) in [4.78, 5) is 65.0. The zero-order chi connectivity index (χ0) is 63.5. The zero-order valence-corrected chi connectivity index (χ0v) is 53.2. The van der Waals surface area contributed by atoms with Gasteiger partial charge in [-0.25, -0.2) is 9.48 Å². The van der Waals surface area contributed by atoms with E-state index >= 15 is 0 Å². The number of urea groups is 1. The molecule has 4 aliphatic rings. The van der Waals surface area contributed by atoms with Gasteiger partial charge in [0.25, 0.3) is 10.1 Å². The van der Waals surface area contributed by atoms with Crippen LogP contribution < -0.4 is 72.4 Å². The number of ketones is 2. The van der Waals surface area contributed by atoms with Gasteiger partial charge in [-0.05, 0) is 105 Å². The van der Waals surface area contributed by atoms with E-state index in [1.54, 1.807) is 43.0 Å². The number of aliphatic hydroxyl groups excluding tert-OH is 2. The summed E-state index contributed by atoms with van der Waals surface area (Å²) >= 11 is 1.74. The van der Waals surface area contributed by atoms with E-state index in [-0.39, 0.29) is 149 Å². The second kappa shape index (κ2) is 31.8. The number of Topliss-reactive ketones (excluding diaryl/α,β-unsaturated/α-hetero) is 2. The number of allylic oxidation sites excluding steroid dienone is 1. The molecule has 4 heterocycles. The number of hydrogen-bond acceptors (Lipinski definition) is 17. The Morgan fingerprint density at radius 2 is 1.69 bits per heavy atom. The third-order valence-electron chi connectivity index (χ3n) is 15.7. The molecule has 3 amide bonds. The molecule has 0 radical (unpaired) electrons. The van der Waals surface area contributed by atoms with Crippen LogP contribution in [0.25, 0.3) is 17.3 Å². The molecular formula is C59H66F6KN7O14S2. The van der Waals surface area contributed by atoms with Crippen LogP contribution in [0.1, 0.15) is 96.0 Å². The average molecular weight is 1310 g/mol. The van der Waals surface area contributed by atoms with Crippen molar-refractivity contribution >= 4 is 63.3 Å². The van der Waals surface area contributed by atoms with Crippen molar-refractivity contribution in [1.29, 1.82) is 0 Å². The molecule has 10 atom stereocenters. The molecule has 8 rings (SSSR count). The molecule has 3 aliphatic heterocycles. The van der Waals surface area contributed by atoms with Gasteiger partial charge in [-0.15, -0.1) is 5.10 Å². The van der Waals surface area contributed by atoms with Crippen molar-refractivity contribution in [1.82, 2.24) is 30.9 Å². The van der Waals surface area contributed by atoms with E-state index in [4.69, 9.17) is 13.7 Å². The number of carbonyl (C=O) groups is 5. The van der Waals surface area contributed by atoms with E-state index in [2.05, 4.69) is 31.3 Å². The number of ether oxygens (including phenoxy) is 2. The Bertz CT molecular complexity index is 3320. The van der Waals surface area contributed by atoms with E-state index < -0.39 is 124 Å². The molecule has 6 N–H and O–H groups in total. The van der Waals surface area contributed by atoms with E-state index in [9.17, 15) is 79.2 Å². The van der Waals surface area contributed by atoms with Gasteiger partial charge in [0.2, 0.25) is 5.91 Å². The van der Waals surface area contributed by atoms with Crippen molar-refractivity contribution < 1.29 is 144 Å². The summed E-state index contributed by atoms with van der Waals surface area (Å²) in [6, 6.07) is 12.4. The molecule has 1 aliphatic carbocycles. The summed E-state index contributed by atoms with van der Waals surface area (Å²) in [5.41, 5.74) is -4.65. The number of unbranched alkanes of at least 4 members (excludes halogenated alkanes) is 1. The number of nitrogens with zero attached hydrogens (tertiary/aromatic N) is 4. The van der Waals surface area contributed by atoms with E-state index in [1.807, 2.05) is 0 Å². The van der Waals surface area contributed by atoms with Gasteiger partial charge < -0.3 is 50.8 Å². The molecule has 3 aromatic carbocycles. The van der Waals surface area contributed by atoms with E-state index in [1.165, 1.54) is 36.4 Å². The minimum Gasteiger partial charge on any atom is -0.862 e. The molecule has 89 heavy (non-hydrogen) atoms. The number of aryl methyl sites for hydroxylation is 1. The number of carboxylic acids is 1. The van der Waals surface area contributed by atoms with Crippen LogP contribution in [0.4, 0.5) is 31.1 Å². The summed E-state index contributed by atoms with van der Waals surface area (Å²) in [5, 5.41) is 60.9. The van der Waals surface area contributed by atoms with Gasteiger partial charge in [0, 0.05) is 59.4 Å². The summed E-state index contributed by atoms with van der Waals surface area (Å²) in [5.74, 6) is -4.22. The number of aromatic nitrogens is 3. The standard InChI is InChI=1S/C59H67F6N7O14S2.K/c1-33-10-17-38(18-11-33)88(82,83)85-31-47(74)35-14-12-34(13-15-35)25-41-54(79)55(80)48(86-56(41)84-24-6-2-3-7-39-36(28-52(77)78)16-20-46(39)73)30-72-29-44(70-71-72)37-26-42(58(60,61)62)40(43(27-37)59(63,64)65)19-21-51(76)67-23-22-66-50(75)9-5-4-8-49-53-45(32-87-49)68-57(81)69-53;/h2-3,10-15,17-19,21,26-27,29,36,39,41,45,48-49,53-56,79-80H,4-9,16,20,22-25,28,30-32H2,1H3,(H,66,75)(H,67,76)(H,77,78)(H2,68,69,81);/q;+1/p-1/b3-2-,21-19+;/t36-,39-,41+,45+,48+,49+,53+,54+,55+,56+;/m1./s1. The van der Waals surface area contributed by atoms with Gasteiger partial charge in [0.15, 0.2) is 12.1 Å². The fourth-order valence-corrected chi connectivity index (χ4v) is 13.5. The third-order valence-corrected chi connectivity index (χ3v) is 18.5. The summed E-state index contributed by atoms with van der Waals surface area (Å²) in [6.07, 6.45) is -8.27. The van der Waals surface area contributed by atoms with Crippen LogP contribution in [0.3, 0.4) is 0 Å². The molecule has 1 aromatic heterocycles. The van der Waals surface area contributed by atoms with Gasteiger partial charge in [0.1, 0.15) is 30.3 Å². The smallest absolute Gasteiger partial charge is 0.862 e. The molecule has 4 aromatic rings. The quantitative estimate of drug-likeness (QED) is 0.00454. The topological polar surface area (TPSA) is 310 Å². The van der Waals surface area contributed by atoms with Crippen molar-refractivity contribution in [3.63, 3.8) is 0 Å². The maximum absolute atomic E-state index is 14.7. The van der Waals surface area contributed by atoms with Crippen LogP contribution in [0, 0.1) is 24.7 Å². The Kier molecular flexibility index (Phi) is 25.4. The van der Waals surface area contributed by atoms with Crippen LogP contribution in [0.15, 0.2) is 95.0 Å². The van der Waals surface area contributed by atoms with Gasteiger partial charge >= 0.3 is 75.7 Å². The molecular weight excluding hydrogens is 1250 g/mol. The minimum absolute atomic E-state index is 0. The number of alkyl halides is 6. The number of fused-ring (bicyclic) bond motifs is 1. The maximum Gasteiger partial charge on any atom is 1.00 e. The van der Waals surface area contributed by atoms with Gasteiger partial charge in [0.05, 0.1) is 60.1 Å². The third kappa shape index (κ3) is 19.6. The largest absolute Gasteiger partial charge is 1.00 e. The summed E-state index contributed by atoms with van der Waals surface area (Å²) in [6.45, 7) is -0.00811. The van der Waals surface area contributed by atoms with E-state index in [0.29, 0.717) is 55.5 Å². The number of aliphatic hydroxyl groups is 2. The molecule has 30 heteroatoms. The first-order chi connectivity index (χ1) is 41.7. The molecule has 0 bridgehead atoms. The second-order valence-electron chi connectivity index (χ2n) is 22.0. The van der Waals surface area contributed by atoms with Crippen LogP contribution in [-0.2, 0) is 63.5 Å². The van der Waals surface area contributed by atoms with Crippen LogP contribution in [0.2, 0.25) is 0 Å². The molecule has 0 spiro atoms. The molecule has 0 unspecified atom stereocenters. The fraction of sp³-hybridized carbons (Fsp3) is 0.492. The molecule has 21 nitrogen and oxygen atoms in total. The average Bonchev–Trinajstić information content (AvgIpc) is 2.30. The number of aliphatic imine (C=N–C) groups is 1.